The molecule has 0 spiro atoms. The van der Waals surface area contributed by atoms with Crippen LogP contribution >= 0.6 is 11.6 Å². The van der Waals surface area contributed by atoms with Gasteiger partial charge in [-0.3, -0.25) is 4.68 Å². The van der Waals surface area contributed by atoms with Gasteiger partial charge >= 0.3 is 0 Å². The molecule has 4 heteroatoms. The van der Waals surface area contributed by atoms with Gasteiger partial charge in [-0.15, -0.1) is 0 Å². The van der Waals surface area contributed by atoms with Crippen molar-refractivity contribution in [3.05, 3.63) is 47.1 Å². The van der Waals surface area contributed by atoms with E-state index < -0.39 is 0 Å². The Bertz CT molecular complexity index is 531. The highest BCUT2D eigenvalue weighted by Crippen LogP contribution is 2.31. The molecule has 3 nitrogen and oxygen atoms in total. The third-order valence-electron chi connectivity index (χ3n) is 3.47. The zero-order chi connectivity index (χ0) is 12.4. The third-order valence-corrected chi connectivity index (χ3v) is 3.84. The quantitative estimate of drug-likeness (QED) is 0.905. The van der Waals surface area contributed by atoms with Crippen molar-refractivity contribution in [2.75, 3.05) is 5.32 Å². The van der Waals surface area contributed by atoms with Crippen LogP contribution in [0, 0.1) is 0 Å². The number of nitrogens with zero attached hydrogens (tertiary/aromatic N) is 2. The molecule has 0 unspecified atom stereocenters. The van der Waals surface area contributed by atoms with Gasteiger partial charge in [0, 0.05) is 23.8 Å². The lowest BCUT2D eigenvalue weighted by molar-refractivity contribution is 0.290. The van der Waals surface area contributed by atoms with Gasteiger partial charge in [-0.2, -0.15) is 5.10 Å². The van der Waals surface area contributed by atoms with Crippen LogP contribution in [-0.4, -0.2) is 9.78 Å². The first-order chi connectivity index (χ1) is 8.83. The monoisotopic (exact) mass is 261 g/mol. The van der Waals surface area contributed by atoms with E-state index in [-0.39, 0.29) is 0 Å². The highest BCUT2D eigenvalue weighted by molar-refractivity contribution is 6.31. The van der Waals surface area contributed by atoms with Gasteiger partial charge in [0.05, 0.1) is 6.04 Å². The number of nitrogens with one attached hydrogen (secondary N) is 1. The van der Waals surface area contributed by atoms with E-state index in [2.05, 4.69) is 21.3 Å². The maximum absolute atomic E-state index is 6.11. The first-order valence-electron chi connectivity index (χ1n) is 6.35. The van der Waals surface area contributed by atoms with Gasteiger partial charge in [0.1, 0.15) is 5.82 Å². The maximum atomic E-state index is 6.11. The Morgan fingerprint density at radius 2 is 2.11 bits per heavy atom. The van der Waals surface area contributed by atoms with Crippen LogP contribution < -0.4 is 5.32 Å². The third kappa shape index (κ3) is 2.36. The normalized spacial score (nSPS) is 15.4. The number of halogens is 1. The second kappa shape index (κ2) is 5.02. The Morgan fingerprint density at radius 3 is 2.83 bits per heavy atom. The van der Waals surface area contributed by atoms with Gasteiger partial charge in [0.25, 0.3) is 0 Å². The maximum Gasteiger partial charge on any atom is 0.148 e. The smallest absolute Gasteiger partial charge is 0.148 e. The van der Waals surface area contributed by atoms with E-state index in [1.54, 1.807) is 0 Å². The largest absolute Gasteiger partial charge is 0.364 e. The van der Waals surface area contributed by atoms with Crippen LogP contribution in [0.15, 0.2) is 36.5 Å². The van der Waals surface area contributed by atoms with E-state index >= 15 is 0 Å². The van der Waals surface area contributed by atoms with E-state index in [9.17, 15) is 0 Å². The van der Waals surface area contributed by atoms with Gasteiger partial charge in [-0.05, 0) is 30.9 Å². The Morgan fingerprint density at radius 1 is 1.28 bits per heavy atom. The van der Waals surface area contributed by atoms with Crippen molar-refractivity contribution < 1.29 is 0 Å². The lowest BCUT2D eigenvalue weighted by Crippen LogP contribution is -2.17. The van der Waals surface area contributed by atoms with Gasteiger partial charge in [-0.1, -0.05) is 29.8 Å². The molecule has 1 aliphatic carbocycles. The zero-order valence-corrected chi connectivity index (χ0v) is 10.9. The molecule has 18 heavy (non-hydrogen) atoms. The van der Waals surface area contributed by atoms with Crippen LogP contribution in [0.4, 0.5) is 5.82 Å². The van der Waals surface area contributed by atoms with Crippen LogP contribution in [0.1, 0.15) is 30.9 Å². The highest BCUT2D eigenvalue weighted by atomic mass is 35.5. The van der Waals surface area contributed by atoms with Crippen molar-refractivity contribution >= 4 is 17.4 Å². The SMILES string of the molecule is Clc1ccccc1CNc1ccn(C2CCC2)n1. The van der Waals surface area contributed by atoms with Gasteiger partial charge in [0.2, 0.25) is 0 Å². The second-order valence-corrected chi connectivity index (χ2v) is 5.12. The molecule has 0 atom stereocenters. The van der Waals surface area contributed by atoms with E-state index in [1.807, 2.05) is 30.3 Å². The summed E-state index contributed by atoms with van der Waals surface area (Å²) in [6, 6.07) is 10.5. The molecular formula is C14H16ClN3. The van der Waals surface area contributed by atoms with Crippen molar-refractivity contribution in [2.24, 2.45) is 0 Å². The van der Waals surface area contributed by atoms with Crippen LogP contribution in [-0.2, 0) is 6.54 Å². The van der Waals surface area contributed by atoms with Crippen LogP contribution in [0.2, 0.25) is 5.02 Å². The molecular weight excluding hydrogens is 246 g/mol. The molecule has 1 N–H and O–H groups in total. The second-order valence-electron chi connectivity index (χ2n) is 4.71. The number of hydrogen-bond donors (Lipinski definition) is 1. The van der Waals surface area contributed by atoms with Crippen LogP contribution in [0.25, 0.3) is 0 Å². The summed E-state index contributed by atoms with van der Waals surface area (Å²) in [5.41, 5.74) is 1.09. The van der Waals surface area contributed by atoms with Gasteiger partial charge in [-0.25, -0.2) is 0 Å². The minimum absolute atomic E-state index is 0.612. The first kappa shape index (κ1) is 11.6. The van der Waals surface area contributed by atoms with E-state index in [1.165, 1.54) is 19.3 Å². The number of benzene rings is 1. The topological polar surface area (TPSA) is 29.9 Å². The molecule has 1 fully saturated rings. The predicted octanol–water partition coefficient (Wildman–Crippen LogP) is 3.87. The summed E-state index contributed by atoms with van der Waals surface area (Å²) in [6.07, 6.45) is 5.89. The molecule has 1 saturated carbocycles. The molecule has 1 aromatic heterocycles. The summed E-state index contributed by atoms with van der Waals surface area (Å²) in [6.45, 7) is 0.710. The number of anilines is 1. The molecule has 2 aromatic rings. The molecule has 0 aliphatic heterocycles. The van der Waals surface area contributed by atoms with Crippen molar-refractivity contribution in [2.45, 2.75) is 31.8 Å². The molecule has 0 saturated heterocycles. The molecule has 1 heterocycles. The Kier molecular flexibility index (Phi) is 3.24. The minimum Gasteiger partial charge on any atom is -0.364 e. The fourth-order valence-electron chi connectivity index (χ4n) is 2.11. The van der Waals surface area contributed by atoms with Gasteiger partial charge in [0.15, 0.2) is 0 Å². The standard InChI is InChI=1S/C14H16ClN3/c15-13-7-2-1-4-11(13)10-16-14-8-9-18(17-14)12-5-3-6-12/h1-2,4,7-9,12H,3,5-6,10H2,(H,16,17). The fourth-order valence-corrected chi connectivity index (χ4v) is 2.32. The van der Waals surface area contributed by atoms with Crippen LogP contribution in [0.5, 0.6) is 0 Å². The summed E-state index contributed by atoms with van der Waals surface area (Å²) in [4.78, 5) is 0. The molecule has 94 valence electrons. The minimum atomic E-state index is 0.612. The Hall–Kier alpha value is -1.48. The van der Waals surface area contributed by atoms with Crippen molar-refractivity contribution in [1.82, 2.24) is 9.78 Å². The van der Waals surface area contributed by atoms with E-state index in [4.69, 9.17) is 11.6 Å². The fraction of sp³-hybridized carbons (Fsp3) is 0.357. The molecule has 1 aromatic carbocycles. The number of hydrogen-bond acceptors (Lipinski definition) is 2. The lowest BCUT2D eigenvalue weighted by Gasteiger charge is -2.25. The zero-order valence-electron chi connectivity index (χ0n) is 10.1. The van der Waals surface area contributed by atoms with Crippen molar-refractivity contribution in [3.63, 3.8) is 0 Å². The number of rotatable bonds is 4. The molecule has 0 amide bonds. The predicted molar refractivity (Wildman–Crippen MR) is 73.9 cm³/mol. The Labute approximate surface area is 112 Å². The Balaban J connectivity index is 1.63. The molecule has 0 bridgehead atoms. The van der Waals surface area contributed by atoms with Crippen LogP contribution in [0.3, 0.4) is 0 Å². The average Bonchev–Trinajstić information content (AvgIpc) is 2.74. The van der Waals surface area contributed by atoms with E-state index in [0.29, 0.717) is 12.6 Å². The highest BCUT2D eigenvalue weighted by Gasteiger charge is 2.19. The number of aromatic nitrogens is 2. The summed E-state index contributed by atoms with van der Waals surface area (Å²) in [5.74, 6) is 0.918. The molecule has 0 radical (unpaired) electrons. The summed E-state index contributed by atoms with van der Waals surface area (Å²) in [7, 11) is 0. The first-order valence-corrected chi connectivity index (χ1v) is 6.73. The van der Waals surface area contributed by atoms with Crippen molar-refractivity contribution in [3.8, 4) is 0 Å². The lowest BCUT2D eigenvalue weighted by atomic mass is 9.93. The average molecular weight is 262 g/mol. The van der Waals surface area contributed by atoms with Crippen molar-refractivity contribution in [1.29, 1.82) is 0 Å². The summed E-state index contributed by atoms with van der Waals surface area (Å²) < 4.78 is 2.07. The molecule has 1 aliphatic rings. The van der Waals surface area contributed by atoms with Gasteiger partial charge < -0.3 is 5.32 Å². The van der Waals surface area contributed by atoms with E-state index in [0.717, 1.165) is 16.4 Å². The summed E-state index contributed by atoms with van der Waals surface area (Å²) in [5, 5.41) is 8.64. The summed E-state index contributed by atoms with van der Waals surface area (Å²) >= 11 is 6.11. The molecule has 3 rings (SSSR count).